The highest BCUT2D eigenvalue weighted by Crippen LogP contribution is 2.21. The van der Waals surface area contributed by atoms with Crippen LogP contribution in [0.15, 0.2) is 29.4 Å². The number of benzene rings is 1. The number of hydrogen-bond donors (Lipinski definition) is 2. The van der Waals surface area contributed by atoms with E-state index in [0.717, 1.165) is 30.8 Å². The number of carbonyl (C=O) groups is 2. The Morgan fingerprint density at radius 3 is 2.90 bits per heavy atom. The van der Waals surface area contributed by atoms with E-state index >= 15 is 0 Å². The number of thioether (sulfide) groups is 1. The van der Waals surface area contributed by atoms with Gasteiger partial charge in [-0.1, -0.05) is 12.5 Å². The topological polar surface area (TPSA) is 70.7 Å². The summed E-state index contributed by atoms with van der Waals surface area (Å²) in [6.45, 7) is 7.55. The van der Waals surface area contributed by atoms with Crippen molar-refractivity contribution in [3.63, 3.8) is 0 Å². The van der Waals surface area contributed by atoms with Crippen molar-refractivity contribution in [2.45, 2.75) is 45.6 Å². The fourth-order valence-corrected chi connectivity index (χ4v) is 4.27. The smallest absolute Gasteiger partial charge is 0.291 e. The van der Waals surface area contributed by atoms with Crippen molar-refractivity contribution in [3.8, 4) is 0 Å². The molecule has 1 atom stereocenters. The summed E-state index contributed by atoms with van der Waals surface area (Å²) in [4.78, 5) is 27.4. The number of hydrogen-bond acceptors (Lipinski definition) is 5. The van der Waals surface area contributed by atoms with E-state index in [2.05, 4.69) is 22.5 Å². The lowest BCUT2D eigenvalue weighted by atomic mass is 10.0. The lowest BCUT2D eigenvalue weighted by Crippen LogP contribution is -2.39. The predicted octanol–water partition coefficient (Wildman–Crippen LogP) is 3.53. The molecule has 0 saturated carbocycles. The van der Waals surface area contributed by atoms with Gasteiger partial charge in [0.1, 0.15) is 0 Å². The zero-order chi connectivity index (χ0) is 20.6. The first-order valence-electron chi connectivity index (χ1n) is 10.4. The van der Waals surface area contributed by atoms with Crippen LogP contribution in [0.25, 0.3) is 0 Å². The molecule has 0 radical (unpaired) electrons. The largest absolute Gasteiger partial charge is 0.487 e. The van der Waals surface area contributed by atoms with Crippen molar-refractivity contribution in [1.82, 2.24) is 10.2 Å². The summed E-state index contributed by atoms with van der Waals surface area (Å²) in [6, 6.07) is 6.01. The summed E-state index contributed by atoms with van der Waals surface area (Å²) in [5, 5.41) is 7.59. The second-order valence-corrected chi connectivity index (χ2v) is 8.65. The molecule has 0 spiro atoms. The van der Waals surface area contributed by atoms with Crippen LogP contribution < -0.4 is 10.6 Å². The van der Waals surface area contributed by atoms with Gasteiger partial charge in [-0.3, -0.25) is 9.59 Å². The van der Waals surface area contributed by atoms with Gasteiger partial charge in [-0.05, 0) is 57.4 Å². The Bertz CT molecular complexity index is 766. The average Bonchev–Trinajstić information content (AvgIpc) is 2.74. The molecule has 2 amide bonds. The molecule has 0 aromatic heterocycles. The molecule has 1 aromatic rings. The maximum absolute atomic E-state index is 12.5. The van der Waals surface area contributed by atoms with Gasteiger partial charge in [0.15, 0.2) is 5.76 Å². The molecule has 1 fully saturated rings. The maximum Gasteiger partial charge on any atom is 0.291 e. The van der Waals surface area contributed by atoms with E-state index in [0.29, 0.717) is 36.2 Å². The van der Waals surface area contributed by atoms with Crippen molar-refractivity contribution >= 4 is 29.3 Å². The van der Waals surface area contributed by atoms with Crippen LogP contribution in [-0.2, 0) is 9.53 Å². The van der Waals surface area contributed by atoms with Crippen LogP contribution in [0.5, 0.6) is 0 Å². The fourth-order valence-electron chi connectivity index (χ4n) is 3.65. The lowest BCUT2D eigenvalue weighted by Gasteiger charge is -2.33. The van der Waals surface area contributed by atoms with Gasteiger partial charge in [-0.15, -0.1) is 11.8 Å². The highest BCUT2D eigenvalue weighted by Gasteiger charge is 2.18. The Balaban J connectivity index is 1.50. The minimum absolute atomic E-state index is 0.115. The van der Waals surface area contributed by atoms with Crippen LogP contribution in [0.3, 0.4) is 0 Å². The van der Waals surface area contributed by atoms with Crippen LogP contribution in [0.4, 0.5) is 5.69 Å². The van der Waals surface area contributed by atoms with Gasteiger partial charge >= 0.3 is 0 Å². The molecule has 0 bridgehead atoms. The van der Waals surface area contributed by atoms with Crippen LogP contribution in [0.2, 0.25) is 0 Å². The Hall–Kier alpha value is -1.99. The molecule has 2 aliphatic heterocycles. The number of nitrogens with zero attached hydrogens (tertiary/aromatic N) is 1. The van der Waals surface area contributed by atoms with Gasteiger partial charge in [0, 0.05) is 41.5 Å². The third-order valence-corrected chi connectivity index (χ3v) is 6.25. The number of nitrogens with one attached hydrogen (secondary N) is 2. The molecule has 6 nitrogen and oxygen atoms in total. The van der Waals surface area contributed by atoms with E-state index in [4.69, 9.17) is 4.74 Å². The summed E-state index contributed by atoms with van der Waals surface area (Å²) >= 11 is 1.56. The third kappa shape index (κ3) is 6.24. The summed E-state index contributed by atoms with van der Waals surface area (Å²) < 4.78 is 5.40. The summed E-state index contributed by atoms with van der Waals surface area (Å²) in [5.41, 5.74) is 2.08. The molecular weight excluding hydrogens is 386 g/mol. The lowest BCUT2D eigenvalue weighted by molar-refractivity contribution is -0.116. The number of piperidine rings is 1. The van der Waals surface area contributed by atoms with E-state index in [9.17, 15) is 9.59 Å². The molecule has 29 heavy (non-hydrogen) atoms. The quantitative estimate of drug-likeness (QED) is 0.664. The number of aryl methyl sites for hydroxylation is 1. The zero-order valence-corrected chi connectivity index (χ0v) is 18.1. The van der Waals surface area contributed by atoms with Crippen molar-refractivity contribution < 1.29 is 14.3 Å². The summed E-state index contributed by atoms with van der Waals surface area (Å²) in [5.74, 6) is 0.772. The molecule has 2 N–H and O–H groups in total. The highest BCUT2D eigenvalue weighted by molar-refractivity contribution is 8.02. The molecule has 3 rings (SSSR count). The SMILES string of the molecule is Cc1ccc(C(=O)NCCCN2CCCCC2C)cc1NC(=O)C1=CSCCO1. The number of carbonyl (C=O) groups excluding carboxylic acids is 2. The van der Waals surface area contributed by atoms with E-state index in [1.54, 1.807) is 29.3 Å². The third-order valence-electron chi connectivity index (χ3n) is 5.47. The van der Waals surface area contributed by atoms with Gasteiger partial charge in [0.05, 0.1) is 6.61 Å². The van der Waals surface area contributed by atoms with Gasteiger partial charge in [-0.2, -0.15) is 0 Å². The Morgan fingerprint density at radius 2 is 2.14 bits per heavy atom. The van der Waals surface area contributed by atoms with E-state index < -0.39 is 0 Å². The summed E-state index contributed by atoms with van der Waals surface area (Å²) in [6.07, 6.45) is 4.80. The van der Waals surface area contributed by atoms with Gasteiger partial charge in [0.2, 0.25) is 0 Å². The number of anilines is 1. The minimum Gasteiger partial charge on any atom is -0.487 e. The first-order valence-corrected chi connectivity index (χ1v) is 11.5. The van der Waals surface area contributed by atoms with Crippen LogP contribution in [-0.4, -0.2) is 54.8 Å². The molecule has 1 unspecified atom stereocenters. The van der Waals surface area contributed by atoms with E-state index in [1.165, 1.54) is 19.3 Å². The average molecular weight is 418 g/mol. The Labute approximate surface area is 177 Å². The van der Waals surface area contributed by atoms with Crippen molar-refractivity contribution in [2.24, 2.45) is 0 Å². The molecule has 158 valence electrons. The normalized spacial score (nSPS) is 19.8. The number of ether oxygens (including phenoxy) is 1. The molecule has 2 aliphatic rings. The van der Waals surface area contributed by atoms with Crippen molar-refractivity contribution in [1.29, 1.82) is 0 Å². The van der Waals surface area contributed by atoms with Crippen molar-refractivity contribution in [3.05, 3.63) is 40.5 Å². The second-order valence-electron chi connectivity index (χ2n) is 7.68. The van der Waals surface area contributed by atoms with Gasteiger partial charge in [0.25, 0.3) is 11.8 Å². The maximum atomic E-state index is 12.5. The van der Waals surface area contributed by atoms with E-state index in [-0.39, 0.29) is 11.8 Å². The van der Waals surface area contributed by atoms with Crippen molar-refractivity contribution in [2.75, 3.05) is 37.3 Å². The highest BCUT2D eigenvalue weighted by atomic mass is 32.2. The Morgan fingerprint density at radius 1 is 1.28 bits per heavy atom. The number of likely N-dealkylation sites (tertiary alicyclic amines) is 1. The minimum atomic E-state index is -0.284. The van der Waals surface area contributed by atoms with E-state index in [1.807, 2.05) is 13.0 Å². The molecule has 7 heteroatoms. The Kier molecular flexibility index (Phi) is 8.00. The van der Waals surface area contributed by atoms with Gasteiger partial charge in [-0.25, -0.2) is 0 Å². The standard InChI is InChI=1S/C22H31N3O3S/c1-16-7-8-18(14-19(16)24-22(27)20-15-29-13-12-28-20)21(26)23-9-5-11-25-10-4-3-6-17(25)2/h7-8,14-15,17H,3-6,9-13H2,1-2H3,(H,23,26)(H,24,27). The molecular formula is C22H31N3O3S. The fraction of sp³-hybridized carbons (Fsp3) is 0.545. The monoisotopic (exact) mass is 417 g/mol. The number of amides is 2. The van der Waals surface area contributed by atoms with Crippen LogP contribution >= 0.6 is 11.8 Å². The molecule has 1 saturated heterocycles. The molecule has 2 heterocycles. The van der Waals surface area contributed by atoms with Crippen LogP contribution in [0.1, 0.15) is 48.5 Å². The van der Waals surface area contributed by atoms with Crippen LogP contribution in [0, 0.1) is 6.92 Å². The van der Waals surface area contributed by atoms with Gasteiger partial charge < -0.3 is 20.3 Å². The first kappa shape index (κ1) is 21.7. The molecule has 0 aliphatic carbocycles. The number of rotatable bonds is 7. The predicted molar refractivity (Wildman–Crippen MR) is 118 cm³/mol. The molecule has 1 aromatic carbocycles. The first-order chi connectivity index (χ1) is 14.0. The second kappa shape index (κ2) is 10.7. The zero-order valence-electron chi connectivity index (χ0n) is 17.3. The summed E-state index contributed by atoms with van der Waals surface area (Å²) in [7, 11) is 0.